The number of hydrogen-bond donors (Lipinski definition) is 4. The molecule has 8 nitrogen and oxygen atoms in total. The molecule has 0 aliphatic rings. The highest BCUT2D eigenvalue weighted by Gasteiger charge is 2.38. The number of fused-ring (bicyclic) bond motifs is 1. The number of benzene rings is 1. The quantitative estimate of drug-likeness (QED) is 0.505. The second kappa shape index (κ2) is 8.78. The van der Waals surface area contributed by atoms with Crippen molar-refractivity contribution < 1.29 is 37.5 Å². The topological polar surface area (TPSA) is 128 Å². The van der Waals surface area contributed by atoms with Crippen molar-refractivity contribution in [3.8, 4) is 0 Å². The Kier molecular flexibility index (Phi) is 6.64. The van der Waals surface area contributed by atoms with Gasteiger partial charge in [0.2, 0.25) is 0 Å². The number of aliphatic carboxylic acids is 1. The van der Waals surface area contributed by atoms with Crippen molar-refractivity contribution in [3.63, 3.8) is 0 Å². The van der Waals surface area contributed by atoms with Crippen LogP contribution in [0.3, 0.4) is 0 Å². The average molecular weight is 413 g/mol. The Morgan fingerprint density at radius 3 is 2.24 bits per heavy atom. The fourth-order valence-electron chi connectivity index (χ4n) is 2.63. The number of carboxylic acids is 2. The van der Waals surface area contributed by atoms with E-state index in [-0.39, 0.29) is 5.69 Å². The van der Waals surface area contributed by atoms with Crippen molar-refractivity contribution >= 4 is 22.8 Å². The predicted octanol–water partition coefficient (Wildman–Crippen LogP) is 3.39. The SMILES string of the molecule is Cc1noc(C)c1CNCc1c(C(=O)O)[nH]c2ccccc12.O=C(O)C(F)(F)F. The van der Waals surface area contributed by atoms with Gasteiger partial charge in [0.25, 0.3) is 0 Å². The van der Waals surface area contributed by atoms with Crippen LogP contribution >= 0.6 is 0 Å². The maximum absolute atomic E-state index is 11.4. The lowest BCUT2D eigenvalue weighted by Gasteiger charge is -2.05. The van der Waals surface area contributed by atoms with Gasteiger partial charge in [-0.3, -0.25) is 0 Å². The zero-order valence-electron chi connectivity index (χ0n) is 15.4. The maximum Gasteiger partial charge on any atom is 0.490 e. The molecule has 0 atom stereocenters. The molecule has 0 saturated heterocycles. The second-order valence-electron chi connectivity index (χ2n) is 6.04. The van der Waals surface area contributed by atoms with E-state index in [0.717, 1.165) is 33.5 Å². The Morgan fingerprint density at radius 1 is 1.14 bits per heavy atom. The van der Waals surface area contributed by atoms with E-state index in [1.807, 2.05) is 38.1 Å². The molecule has 4 N–H and O–H groups in total. The van der Waals surface area contributed by atoms with Gasteiger partial charge in [-0.15, -0.1) is 0 Å². The van der Waals surface area contributed by atoms with E-state index in [1.165, 1.54) is 0 Å². The molecule has 0 aliphatic heterocycles. The smallest absolute Gasteiger partial charge is 0.477 e. The largest absolute Gasteiger partial charge is 0.490 e. The van der Waals surface area contributed by atoms with E-state index in [1.54, 1.807) is 0 Å². The maximum atomic E-state index is 11.4. The molecule has 156 valence electrons. The first-order chi connectivity index (χ1) is 13.5. The van der Waals surface area contributed by atoms with Crippen molar-refractivity contribution in [3.05, 3.63) is 52.5 Å². The number of aryl methyl sites for hydroxylation is 2. The minimum Gasteiger partial charge on any atom is -0.477 e. The van der Waals surface area contributed by atoms with Crippen LogP contribution in [0, 0.1) is 13.8 Å². The van der Waals surface area contributed by atoms with Gasteiger partial charge in [0, 0.05) is 35.1 Å². The Labute approximate surface area is 162 Å². The fraction of sp³-hybridized carbons (Fsp3) is 0.278. The second-order valence-corrected chi connectivity index (χ2v) is 6.04. The Morgan fingerprint density at radius 2 is 1.72 bits per heavy atom. The number of carbonyl (C=O) groups is 2. The van der Waals surface area contributed by atoms with Gasteiger partial charge in [0.15, 0.2) is 0 Å². The number of hydrogen-bond acceptors (Lipinski definition) is 5. The molecule has 1 aromatic carbocycles. The highest BCUT2D eigenvalue weighted by atomic mass is 19.4. The highest BCUT2D eigenvalue weighted by molar-refractivity contribution is 5.97. The number of H-pyrrole nitrogens is 1. The standard InChI is InChI=1S/C16H17N3O3.C2HF3O2/c1-9-12(10(2)22-19-9)7-17-8-13-11-5-3-4-6-14(11)18-15(13)16(20)21;3-2(4,5)1(6)7/h3-6,17-18H,7-8H2,1-2H3,(H,20,21);(H,6,7). The highest BCUT2D eigenvalue weighted by Crippen LogP contribution is 2.22. The molecular weight excluding hydrogens is 395 g/mol. The van der Waals surface area contributed by atoms with Crippen molar-refractivity contribution in [1.82, 2.24) is 15.5 Å². The summed E-state index contributed by atoms with van der Waals surface area (Å²) >= 11 is 0. The summed E-state index contributed by atoms with van der Waals surface area (Å²) in [5.41, 5.74) is 3.68. The number of nitrogens with zero attached hydrogens (tertiary/aromatic N) is 1. The Bertz CT molecular complexity index is 1000. The summed E-state index contributed by atoms with van der Waals surface area (Å²) in [7, 11) is 0. The third kappa shape index (κ3) is 5.35. The molecule has 0 bridgehead atoms. The molecular formula is C18H18F3N3O5. The van der Waals surface area contributed by atoms with Crippen LogP contribution in [-0.2, 0) is 17.9 Å². The van der Waals surface area contributed by atoms with Crippen LogP contribution in [-0.4, -0.2) is 38.5 Å². The van der Waals surface area contributed by atoms with Gasteiger partial charge in [-0.25, -0.2) is 9.59 Å². The van der Waals surface area contributed by atoms with E-state index in [4.69, 9.17) is 14.4 Å². The van der Waals surface area contributed by atoms with Crippen LogP contribution in [0.15, 0.2) is 28.8 Å². The van der Waals surface area contributed by atoms with E-state index in [0.29, 0.717) is 13.1 Å². The minimum absolute atomic E-state index is 0.229. The van der Waals surface area contributed by atoms with E-state index < -0.39 is 18.1 Å². The van der Waals surface area contributed by atoms with Crippen LogP contribution in [0.1, 0.15) is 33.1 Å². The molecule has 0 aliphatic carbocycles. The number of carboxylic acid groups (broad SMARTS) is 2. The normalized spacial score (nSPS) is 11.2. The van der Waals surface area contributed by atoms with Gasteiger partial charge in [-0.1, -0.05) is 23.4 Å². The third-order valence-electron chi connectivity index (χ3n) is 4.05. The number of nitrogens with one attached hydrogen (secondary N) is 2. The van der Waals surface area contributed by atoms with Gasteiger partial charge in [-0.05, 0) is 19.9 Å². The number of alkyl halides is 3. The summed E-state index contributed by atoms with van der Waals surface area (Å²) in [4.78, 5) is 23.3. The fourth-order valence-corrected chi connectivity index (χ4v) is 2.63. The van der Waals surface area contributed by atoms with Crippen LogP contribution in [0.4, 0.5) is 13.2 Å². The van der Waals surface area contributed by atoms with Crippen molar-refractivity contribution in [2.45, 2.75) is 33.1 Å². The molecule has 3 rings (SSSR count). The molecule has 2 aromatic heterocycles. The molecule has 0 fully saturated rings. The zero-order valence-corrected chi connectivity index (χ0v) is 15.4. The minimum atomic E-state index is -5.08. The first-order valence-electron chi connectivity index (χ1n) is 8.27. The van der Waals surface area contributed by atoms with Gasteiger partial charge in [0.1, 0.15) is 11.5 Å². The first-order valence-corrected chi connectivity index (χ1v) is 8.27. The zero-order chi connectivity index (χ0) is 21.8. The molecule has 11 heteroatoms. The molecule has 2 heterocycles. The summed E-state index contributed by atoms with van der Waals surface area (Å²) in [6.07, 6.45) is -5.08. The van der Waals surface area contributed by atoms with E-state index in [2.05, 4.69) is 15.5 Å². The monoisotopic (exact) mass is 413 g/mol. The summed E-state index contributed by atoms with van der Waals surface area (Å²) in [6, 6.07) is 7.58. The number of aromatic carboxylic acids is 1. The molecule has 3 aromatic rings. The van der Waals surface area contributed by atoms with Gasteiger partial charge < -0.3 is 25.0 Å². The number of halogens is 3. The Balaban J connectivity index is 0.000000370. The molecule has 0 unspecified atom stereocenters. The molecule has 0 radical (unpaired) electrons. The number of rotatable bonds is 5. The predicted molar refractivity (Wildman–Crippen MR) is 95.5 cm³/mol. The molecule has 29 heavy (non-hydrogen) atoms. The molecule has 0 amide bonds. The molecule has 0 saturated carbocycles. The van der Waals surface area contributed by atoms with E-state index in [9.17, 15) is 23.1 Å². The lowest BCUT2D eigenvalue weighted by Crippen LogP contribution is -2.21. The Hall–Kier alpha value is -3.34. The number of aromatic nitrogens is 2. The van der Waals surface area contributed by atoms with Crippen LogP contribution < -0.4 is 5.32 Å². The van der Waals surface area contributed by atoms with Gasteiger partial charge in [0.05, 0.1) is 5.69 Å². The van der Waals surface area contributed by atoms with Crippen LogP contribution in [0.25, 0.3) is 10.9 Å². The summed E-state index contributed by atoms with van der Waals surface area (Å²) in [5, 5.41) is 24.6. The first kappa shape index (κ1) is 22.0. The lowest BCUT2D eigenvalue weighted by atomic mass is 10.1. The van der Waals surface area contributed by atoms with Crippen molar-refractivity contribution in [2.24, 2.45) is 0 Å². The van der Waals surface area contributed by atoms with Crippen LogP contribution in [0.5, 0.6) is 0 Å². The number of para-hydroxylation sites is 1. The number of aromatic amines is 1. The summed E-state index contributed by atoms with van der Waals surface area (Å²) in [5.74, 6) is -2.93. The van der Waals surface area contributed by atoms with Crippen molar-refractivity contribution in [2.75, 3.05) is 0 Å². The van der Waals surface area contributed by atoms with Gasteiger partial charge >= 0.3 is 18.1 Å². The summed E-state index contributed by atoms with van der Waals surface area (Å²) < 4.78 is 36.9. The van der Waals surface area contributed by atoms with E-state index >= 15 is 0 Å². The van der Waals surface area contributed by atoms with Gasteiger partial charge in [-0.2, -0.15) is 13.2 Å². The summed E-state index contributed by atoms with van der Waals surface area (Å²) in [6.45, 7) is 4.79. The third-order valence-corrected chi connectivity index (χ3v) is 4.05. The lowest BCUT2D eigenvalue weighted by molar-refractivity contribution is -0.192. The van der Waals surface area contributed by atoms with Crippen LogP contribution in [0.2, 0.25) is 0 Å². The average Bonchev–Trinajstić information content (AvgIpc) is 3.16. The molecule has 0 spiro atoms. The van der Waals surface area contributed by atoms with Crippen molar-refractivity contribution in [1.29, 1.82) is 0 Å².